The molecule has 1 aliphatic heterocycles. The second-order valence-corrected chi connectivity index (χ2v) is 22.1. The highest BCUT2D eigenvalue weighted by Gasteiger charge is 2.43. The predicted octanol–water partition coefficient (Wildman–Crippen LogP) is 8.14. The van der Waals surface area contributed by atoms with Gasteiger partial charge in [0.2, 0.25) is 11.8 Å². The molecule has 2 aromatic carbocycles. The number of Topliss-reactive ketones (excluding diaryl/α,β-unsaturated/α-hetero) is 1. The first-order valence-electron chi connectivity index (χ1n) is 18.8. The zero-order valence-corrected chi connectivity index (χ0v) is 34.8. The third kappa shape index (κ3) is 13.3. The number of nitrogens with zero attached hydrogens (tertiary/aromatic N) is 1. The van der Waals surface area contributed by atoms with Crippen molar-refractivity contribution >= 4 is 43.6 Å². The average molecular weight is 757 g/mol. The fourth-order valence-corrected chi connectivity index (χ4v) is 7.68. The van der Waals surface area contributed by atoms with Crippen LogP contribution in [0.15, 0.2) is 54.6 Å². The minimum atomic E-state index is -2.48. The van der Waals surface area contributed by atoms with Gasteiger partial charge >= 0.3 is 6.09 Å². The molecule has 52 heavy (non-hydrogen) atoms. The number of likely N-dealkylation sites (tertiary alicyclic amines) is 1. The largest absolute Gasteiger partial charge is 0.444 e. The summed E-state index contributed by atoms with van der Waals surface area (Å²) in [5, 5.41) is 6.70. The second kappa shape index (κ2) is 18.7. The summed E-state index contributed by atoms with van der Waals surface area (Å²) in [6.45, 7) is 21.0. The molecule has 0 aliphatic carbocycles. The summed E-state index contributed by atoms with van der Waals surface area (Å²) >= 11 is 6.43. The van der Waals surface area contributed by atoms with Crippen LogP contribution in [0, 0.1) is 11.8 Å². The molecular formula is C41H62ClN3O6Si. The monoisotopic (exact) mass is 755 g/mol. The maximum absolute atomic E-state index is 14.7. The van der Waals surface area contributed by atoms with Crippen molar-refractivity contribution < 1.29 is 28.3 Å². The summed E-state index contributed by atoms with van der Waals surface area (Å²) in [5.74, 6) is -1.08. The average Bonchev–Trinajstić information content (AvgIpc) is 3.05. The first-order chi connectivity index (χ1) is 24.2. The van der Waals surface area contributed by atoms with Crippen molar-refractivity contribution in [3.8, 4) is 0 Å². The Morgan fingerprint density at radius 1 is 0.904 bits per heavy atom. The molecule has 2 aromatic rings. The lowest BCUT2D eigenvalue weighted by Gasteiger charge is -2.42. The van der Waals surface area contributed by atoms with Crippen LogP contribution in [0.5, 0.6) is 0 Å². The van der Waals surface area contributed by atoms with Crippen molar-refractivity contribution in [2.45, 2.75) is 136 Å². The van der Waals surface area contributed by atoms with E-state index in [9.17, 15) is 19.2 Å². The maximum Gasteiger partial charge on any atom is 0.407 e. The Labute approximate surface area is 318 Å². The van der Waals surface area contributed by atoms with Crippen LogP contribution in [0.1, 0.15) is 92.2 Å². The number of hydrogen-bond donors (Lipinski definition) is 2. The van der Waals surface area contributed by atoms with E-state index in [4.69, 9.17) is 20.8 Å². The smallest absolute Gasteiger partial charge is 0.407 e. The number of amides is 3. The van der Waals surface area contributed by atoms with Crippen molar-refractivity contribution in [3.63, 3.8) is 0 Å². The van der Waals surface area contributed by atoms with Gasteiger partial charge in [-0.25, -0.2) is 4.79 Å². The lowest BCUT2D eigenvalue weighted by molar-refractivity contribution is -0.141. The van der Waals surface area contributed by atoms with Crippen LogP contribution >= 0.6 is 11.6 Å². The van der Waals surface area contributed by atoms with Gasteiger partial charge in [-0.1, -0.05) is 95.1 Å². The van der Waals surface area contributed by atoms with Crippen molar-refractivity contribution in [1.82, 2.24) is 15.5 Å². The molecule has 288 valence electrons. The summed E-state index contributed by atoms with van der Waals surface area (Å²) in [4.78, 5) is 55.7. The summed E-state index contributed by atoms with van der Waals surface area (Å²) in [5.41, 5.74) is 1.16. The van der Waals surface area contributed by atoms with E-state index >= 15 is 0 Å². The molecule has 0 radical (unpaired) electrons. The zero-order valence-electron chi connectivity index (χ0n) is 33.0. The van der Waals surface area contributed by atoms with Crippen LogP contribution in [-0.4, -0.2) is 73.8 Å². The molecule has 9 nitrogen and oxygen atoms in total. The third-order valence-electron chi connectivity index (χ3n) is 10.4. The van der Waals surface area contributed by atoms with Crippen LogP contribution in [0.4, 0.5) is 4.79 Å². The van der Waals surface area contributed by atoms with Gasteiger partial charge in [0.1, 0.15) is 17.4 Å². The minimum absolute atomic E-state index is 0.139. The van der Waals surface area contributed by atoms with Crippen LogP contribution in [-0.2, 0) is 36.4 Å². The Hall–Kier alpha value is -3.21. The lowest BCUT2D eigenvalue weighted by Crippen LogP contribution is -2.56. The van der Waals surface area contributed by atoms with Gasteiger partial charge in [0, 0.05) is 36.9 Å². The van der Waals surface area contributed by atoms with E-state index in [0.29, 0.717) is 50.2 Å². The van der Waals surface area contributed by atoms with Gasteiger partial charge in [-0.05, 0) is 87.3 Å². The van der Waals surface area contributed by atoms with Gasteiger partial charge in [-0.15, -0.1) is 0 Å². The Bertz CT molecular complexity index is 1500. The quantitative estimate of drug-likeness (QED) is 0.178. The molecule has 0 spiro atoms. The number of hydrogen-bond acceptors (Lipinski definition) is 6. The number of ketones is 1. The van der Waals surface area contributed by atoms with Gasteiger partial charge in [-0.2, -0.15) is 0 Å². The molecule has 0 saturated carbocycles. The normalized spacial score (nSPS) is 17.1. The molecule has 1 fully saturated rings. The van der Waals surface area contributed by atoms with E-state index < -0.39 is 44.1 Å². The molecule has 11 heteroatoms. The van der Waals surface area contributed by atoms with E-state index in [-0.39, 0.29) is 35.0 Å². The number of piperidine rings is 1. The lowest BCUT2D eigenvalue weighted by atomic mass is 9.87. The molecule has 5 unspecified atom stereocenters. The highest BCUT2D eigenvalue weighted by atomic mass is 35.5. The second-order valence-electron chi connectivity index (χ2n) is 16.9. The molecule has 3 rings (SSSR count). The number of nitrogens with one attached hydrogen (secondary N) is 2. The Morgan fingerprint density at radius 2 is 1.52 bits per heavy atom. The molecular weight excluding hydrogens is 694 g/mol. The molecule has 5 atom stereocenters. The van der Waals surface area contributed by atoms with E-state index in [1.807, 2.05) is 83.1 Å². The van der Waals surface area contributed by atoms with Gasteiger partial charge in [0.05, 0.1) is 12.1 Å². The number of alkyl carbamates (subject to hydrolysis) is 1. The first kappa shape index (κ1) is 43.2. The summed E-state index contributed by atoms with van der Waals surface area (Å²) in [6, 6.07) is 16.1. The number of benzene rings is 2. The highest BCUT2D eigenvalue weighted by Crippen LogP contribution is 2.39. The van der Waals surface area contributed by atoms with Crippen LogP contribution in [0.2, 0.25) is 23.2 Å². The molecule has 1 saturated heterocycles. The van der Waals surface area contributed by atoms with E-state index in [1.165, 1.54) is 0 Å². The minimum Gasteiger partial charge on any atom is -0.444 e. The van der Waals surface area contributed by atoms with Crippen molar-refractivity contribution in [2.24, 2.45) is 11.8 Å². The molecule has 2 N–H and O–H groups in total. The van der Waals surface area contributed by atoms with Gasteiger partial charge < -0.3 is 24.7 Å². The molecule has 3 amide bonds. The highest BCUT2D eigenvalue weighted by molar-refractivity contribution is 6.74. The van der Waals surface area contributed by atoms with Crippen LogP contribution < -0.4 is 10.6 Å². The van der Waals surface area contributed by atoms with Gasteiger partial charge in [0.15, 0.2) is 8.32 Å². The maximum atomic E-state index is 14.7. The molecule has 0 bridgehead atoms. The molecule has 1 aliphatic rings. The predicted molar refractivity (Wildman–Crippen MR) is 211 cm³/mol. The zero-order chi connectivity index (χ0) is 38.9. The van der Waals surface area contributed by atoms with Crippen molar-refractivity contribution in [3.05, 3.63) is 70.7 Å². The third-order valence-corrected chi connectivity index (χ3v) is 15.1. The Morgan fingerprint density at radius 3 is 2.08 bits per heavy atom. The Kier molecular flexibility index (Phi) is 15.5. The first-order valence-corrected chi connectivity index (χ1v) is 22.0. The van der Waals surface area contributed by atoms with Crippen molar-refractivity contribution in [2.75, 3.05) is 13.1 Å². The van der Waals surface area contributed by atoms with Gasteiger partial charge in [0.25, 0.3) is 0 Å². The molecule has 1 heterocycles. The number of ether oxygens (including phenoxy) is 1. The fourth-order valence-electron chi connectivity index (χ4n) is 6.09. The number of carbonyl (C=O) groups excluding carboxylic acids is 4. The van der Waals surface area contributed by atoms with Crippen molar-refractivity contribution in [1.29, 1.82) is 0 Å². The summed E-state index contributed by atoms with van der Waals surface area (Å²) in [6.07, 6.45) is 1.23. The SMILES string of the molecule is CCC(C)C(NC(=O)C(Cc1cccc(Cl)c1)CC(O[Si](C)(C)C(C)(C)C)C(Cc1ccccc1)NC(=O)OC(C)(C)C)C(=O)N1CCC(=O)CC1. The molecule has 0 aromatic heterocycles. The topological polar surface area (TPSA) is 114 Å². The van der Waals surface area contributed by atoms with E-state index in [0.717, 1.165) is 11.1 Å². The van der Waals surface area contributed by atoms with Crippen LogP contribution in [0.3, 0.4) is 0 Å². The standard InChI is InChI=1S/C41H62ClN3O6Si/c1-11-28(2)36(38(48)45-22-20-33(46)21-23-45)44-37(47)31(24-30-18-15-19-32(42)25-30)27-35(51-52(9,10)41(6,7)8)34(26-29-16-13-12-14-17-29)43-39(49)50-40(3,4)5/h12-19,25,28,31,34-36H,11,20-24,26-27H2,1-10H3,(H,43,49)(H,44,47). The van der Waals surface area contributed by atoms with E-state index in [1.54, 1.807) is 11.0 Å². The number of rotatable bonds is 15. The summed E-state index contributed by atoms with van der Waals surface area (Å²) in [7, 11) is -2.48. The van der Waals surface area contributed by atoms with Crippen LogP contribution in [0.25, 0.3) is 0 Å². The number of carbonyl (C=O) groups is 4. The Balaban J connectivity index is 2.09. The summed E-state index contributed by atoms with van der Waals surface area (Å²) < 4.78 is 12.9. The number of halogens is 1. The van der Waals surface area contributed by atoms with E-state index in [2.05, 4.69) is 44.5 Å². The fraction of sp³-hybridized carbons (Fsp3) is 0.610. The van der Waals surface area contributed by atoms with Gasteiger partial charge in [-0.3, -0.25) is 14.4 Å².